The first-order valence-corrected chi connectivity index (χ1v) is 10.9. The van der Waals surface area contributed by atoms with Crippen LogP contribution in [-0.2, 0) is 16.4 Å². The molecule has 1 aliphatic heterocycles. The Kier molecular flexibility index (Phi) is 5.22. The van der Waals surface area contributed by atoms with Gasteiger partial charge in [-0.2, -0.15) is 0 Å². The summed E-state index contributed by atoms with van der Waals surface area (Å²) in [7, 11) is -2.85. The second-order valence-electron chi connectivity index (χ2n) is 6.25. The number of anilines is 2. The summed E-state index contributed by atoms with van der Waals surface area (Å²) in [5, 5.41) is 6.23. The smallest absolute Gasteiger partial charge is 0.187 e. The normalized spacial score (nSPS) is 19.7. The molecule has 130 valence electrons. The molecule has 1 atom stereocenters. The zero-order valence-electron chi connectivity index (χ0n) is 14.0. The van der Waals surface area contributed by atoms with Crippen LogP contribution >= 0.6 is 11.3 Å². The molecule has 5 nitrogen and oxygen atoms in total. The van der Waals surface area contributed by atoms with E-state index in [4.69, 9.17) is 0 Å². The molecule has 0 aliphatic carbocycles. The van der Waals surface area contributed by atoms with Gasteiger partial charge in [-0.1, -0.05) is 24.6 Å². The van der Waals surface area contributed by atoms with Gasteiger partial charge >= 0.3 is 0 Å². The molecule has 1 aliphatic rings. The topological polar surface area (TPSA) is 62.3 Å². The minimum atomic E-state index is -2.85. The van der Waals surface area contributed by atoms with E-state index in [0.29, 0.717) is 12.3 Å². The van der Waals surface area contributed by atoms with Crippen LogP contribution in [0.2, 0.25) is 0 Å². The van der Waals surface area contributed by atoms with Crippen LogP contribution in [-0.4, -0.2) is 42.4 Å². The van der Waals surface area contributed by atoms with Gasteiger partial charge in [0.1, 0.15) is 0 Å². The van der Waals surface area contributed by atoms with Gasteiger partial charge in [0, 0.05) is 23.7 Å². The Labute approximate surface area is 147 Å². The van der Waals surface area contributed by atoms with Gasteiger partial charge in [0.15, 0.2) is 15.0 Å². The first-order chi connectivity index (χ1) is 11.4. The van der Waals surface area contributed by atoms with Crippen molar-refractivity contribution in [3.05, 3.63) is 40.9 Å². The Morgan fingerprint density at radius 2 is 2.08 bits per heavy atom. The molecule has 0 spiro atoms. The summed E-state index contributed by atoms with van der Waals surface area (Å²) in [5.74, 6) is 0.588. The number of rotatable bonds is 6. The Bertz CT molecular complexity index is 784. The first-order valence-electron chi connectivity index (χ1n) is 8.18. The van der Waals surface area contributed by atoms with Crippen LogP contribution in [0.1, 0.15) is 24.6 Å². The van der Waals surface area contributed by atoms with Gasteiger partial charge in [0.25, 0.3) is 0 Å². The highest BCUT2D eigenvalue weighted by molar-refractivity contribution is 7.91. The molecule has 1 saturated heterocycles. The highest BCUT2D eigenvalue weighted by atomic mass is 32.2. The number of benzene rings is 1. The lowest BCUT2D eigenvalue weighted by atomic mass is 10.2. The van der Waals surface area contributed by atoms with E-state index < -0.39 is 9.84 Å². The zero-order valence-corrected chi connectivity index (χ0v) is 15.7. The Balaban J connectivity index is 1.63. The van der Waals surface area contributed by atoms with E-state index in [9.17, 15) is 8.42 Å². The van der Waals surface area contributed by atoms with Gasteiger partial charge in [-0.3, -0.25) is 4.90 Å². The Morgan fingerprint density at radius 3 is 2.71 bits per heavy atom. The maximum Gasteiger partial charge on any atom is 0.187 e. The fourth-order valence-corrected chi connectivity index (χ4v) is 5.45. The predicted molar refractivity (Wildman–Crippen MR) is 99.7 cm³/mol. The summed E-state index contributed by atoms with van der Waals surface area (Å²) in [6.45, 7) is 5.66. The maximum absolute atomic E-state index is 11.7. The van der Waals surface area contributed by atoms with Gasteiger partial charge in [0.05, 0.1) is 17.2 Å². The molecule has 1 N–H and O–H groups in total. The number of hydrogen-bond donors (Lipinski definition) is 1. The summed E-state index contributed by atoms with van der Waals surface area (Å²) in [5.41, 5.74) is 3.24. The average Bonchev–Trinajstić information content (AvgIpc) is 3.13. The number of aromatic nitrogens is 1. The molecule has 0 bridgehead atoms. The molecule has 0 amide bonds. The highest BCUT2D eigenvalue weighted by Gasteiger charge is 2.31. The minimum Gasteiger partial charge on any atom is -0.332 e. The maximum atomic E-state index is 11.7. The summed E-state index contributed by atoms with van der Waals surface area (Å²) < 4.78 is 23.4. The van der Waals surface area contributed by atoms with Crippen LogP contribution in [0.25, 0.3) is 0 Å². The van der Waals surface area contributed by atoms with Crippen molar-refractivity contribution in [2.75, 3.05) is 23.4 Å². The standard InChI is InChI=1S/C17H23N3O2S2/c1-3-20(16-8-9-24(21,22)12-16)10-15-11-23-17(19-15)18-14-6-4-13(2)5-7-14/h4-7,11,16H,3,8-10,12H2,1-2H3,(H,18,19)/t16-/m0/s1. The third kappa shape index (κ3) is 4.34. The molecule has 2 heterocycles. The van der Waals surface area contributed by atoms with Crippen LogP contribution in [0.5, 0.6) is 0 Å². The van der Waals surface area contributed by atoms with Gasteiger partial charge in [-0.25, -0.2) is 13.4 Å². The molecular formula is C17H23N3O2S2. The second kappa shape index (κ2) is 7.21. The summed E-state index contributed by atoms with van der Waals surface area (Å²) in [6, 6.07) is 8.33. The fraction of sp³-hybridized carbons (Fsp3) is 0.471. The molecule has 0 radical (unpaired) electrons. The van der Waals surface area contributed by atoms with Crippen molar-refractivity contribution in [3.63, 3.8) is 0 Å². The number of aryl methyl sites for hydroxylation is 1. The lowest BCUT2D eigenvalue weighted by molar-refractivity contribution is 0.213. The zero-order chi connectivity index (χ0) is 17.2. The highest BCUT2D eigenvalue weighted by Crippen LogP contribution is 2.24. The Hall–Kier alpha value is -1.44. The Morgan fingerprint density at radius 1 is 1.33 bits per heavy atom. The van der Waals surface area contributed by atoms with E-state index in [1.54, 1.807) is 11.3 Å². The molecular weight excluding hydrogens is 342 g/mol. The average molecular weight is 366 g/mol. The van der Waals surface area contributed by atoms with Crippen LogP contribution in [0.4, 0.5) is 10.8 Å². The van der Waals surface area contributed by atoms with Crippen molar-refractivity contribution in [1.29, 1.82) is 0 Å². The SMILES string of the molecule is CCN(Cc1csc(Nc2ccc(C)cc2)n1)[C@H]1CCS(=O)(=O)C1. The first kappa shape index (κ1) is 17.4. The van der Waals surface area contributed by atoms with Crippen molar-refractivity contribution in [2.45, 2.75) is 32.9 Å². The lowest BCUT2D eigenvalue weighted by Gasteiger charge is -2.25. The monoisotopic (exact) mass is 365 g/mol. The van der Waals surface area contributed by atoms with E-state index in [0.717, 1.165) is 29.5 Å². The quantitative estimate of drug-likeness (QED) is 0.852. The number of hydrogen-bond acceptors (Lipinski definition) is 6. The van der Waals surface area contributed by atoms with E-state index in [1.165, 1.54) is 5.56 Å². The number of sulfone groups is 1. The van der Waals surface area contributed by atoms with Crippen molar-refractivity contribution in [2.24, 2.45) is 0 Å². The molecule has 0 unspecified atom stereocenters. The summed E-state index contributed by atoms with van der Waals surface area (Å²) in [4.78, 5) is 6.86. The number of thiazole rings is 1. The van der Waals surface area contributed by atoms with Gasteiger partial charge < -0.3 is 5.32 Å². The van der Waals surface area contributed by atoms with Crippen molar-refractivity contribution in [1.82, 2.24) is 9.88 Å². The molecule has 1 aromatic heterocycles. The lowest BCUT2D eigenvalue weighted by Crippen LogP contribution is -2.35. The molecule has 1 aromatic carbocycles. The third-order valence-electron chi connectivity index (χ3n) is 4.35. The van der Waals surface area contributed by atoms with Crippen LogP contribution < -0.4 is 5.32 Å². The van der Waals surface area contributed by atoms with Crippen molar-refractivity contribution >= 4 is 32.0 Å². The molecule has 1 fully saturated rings. The van der Waals surface area contributed by atoms with E-state index >= 15 is 0 Å². The van der Waals surface area contributed by atoms with Crippen LogP contribution in [0.15, 0.2) is 29.6 Å². The number of nitrogens with one attached hydrogen (secondary N) is 1. The van der Waals surface area contributed by atoms with Gasteiger partial charge in [0.2, 0.25) is 0 Å². The van der Waals surface area contributed by atoms with Crippen molar-refractivity contribution < 1.29 is 8.42 Å². The summed E-state index contributed by atoms with van der Waals surface area (Å²) >= 11 is 1.58. The molecule has 7 heteroatoms. The minimum absolute atomic E-state index is 0.121. The molecule has 0 saturated carbocycles. The second-order valence-corrected chi connectivity index (χ2v) is 9.34. The van der Waals surface area contributed by atoms with Gasteiger partial charge in [-0.15, -0.1) is 11.3 Å². The third-order valence-corrected chi connectivity index (χ3v) is 6.91. The van der Waals surface area contributed by atoms with E-state index in [2.05, 4.69) is 41.2 Å². The van der Waals surface area contributed by atoms with Crippen LogP contribution in [0.3, 0.4) is 0 Å². The number of nitrogens with zero attached hydrogens (tertiary/aromatic N) is 2. The van der Waals surface area contributed by atoms with E-state index in [1.807, 2.05) is 17.5 Å². The van der Waals surface area contributed by atoms with Crippen LogP contribution in [0, 0.1) is 6.92 Å². The van der Waals surface area contributed by atoms with Gasteiger partial charge in [-0.05, 0) is 32.0 Å². The largest absolute Gasteiger partial charge is 0.332 e. The van der Waals surface area contributed by atoms with Crippen molar-refractivity contribution in [3.8, 4) is 0 Å². The fourth-order valence-electron chi connectivity index (χ4n) is 2.97. The molecule has 24 heavy (non-hydrogen) atoms. The van der Waals surface area contributed by atoms with E-state index in [-0.39, 0.29) is 11.8 Å². The molecule has 2 aromatic rings. The predicted octanol–water partition coefficient (Wildman–Crippen LogP) is 3.20. The summed E-state index contributed by atoms with van der Waals surface area (Å²) in [6.07, 6.45) is 0.731. The molecule has 3 rings (SSSR count).